The van der Waals surface area contributed by atoms with Crippen molar-refractivity contribution in [2.75, 3.05) is 6.54 Å². The van der Waals surface area contributed by atoms with Gasteiger partial charge in [-0.15, -0.1) is 11.8 Å². The molecule has 0 spiro atoms. The first-order valence-corrected chi connectivity index (χ1v) is 9.52. The molecule has 0 aromatic rings. The van der Waals surface area contributed by atoms with Crippen molar-refractivity contribution in [3.8, 4) is 0 Å². The van der Waals surface area contributed by atoms with Crippen LogP contribution in [0.3, 0.4) is 0 Å². The fraction of sp³-hybridized carbons (Fsp3) is 0.688. The zero-order chi connectivity index (χ0) is 17.9. The molecule has 3 amide bonds. The van der Waals surface area contributed by atoms with Crippen LogP contribution in [0.25, 0.3) is 0 Å². The third kappa shape index (κ3) is 2.60. The Morgan fingerprint density at radius 3 is 2.64 bits per heavy atom. The smallest absolute Gasteiger partial charge is 0.353 e. The van der Waals surface area contributed by atoms with Gasteiger partial charge in [-0.2, -0.15) is 0 Å². The Hall–Kier alpha value is -1.74. The van der Waals surface area contributed by atoms with Gasteiger partial charge in [-0.3, -0.25) is 10.1 Å². The molecule has 3 fully saturated rings. The van der Waals surface area contributed by atoms with E-state index < -0.39 is 18.0 Å². The van der Waals surface area contributed by atoms with Crippen molar-refractivity contribution in [2.24, 2.45) is 5.92 Å². The highest BCUT2D eigenvalue weighted by Crippen LogP contribution is 2.50. The van der Waals surface area contributed by atoms with Crippen LogP contribution in [-0.4, -0.2) is 63.9 Å². The van der Waals surface area contributed by atoms with Crippen LogP contribution in [0.5, 0.6) is 0 Å². The monoisotopic (exact) mass is 366 g/mol. The van der Waals surface area contributed by atoms with E-state index in [1.165, 1.54) is 0 Å². The van der Waals surface area contributed by atoms with Crippen molar-refractivity contribution < 1.29 is 19.5 Å². The van der Waals surface area contributed by atoms with E-state index in [0.717, 1.165) is 11.3 Å². The highest BCUT2D eigenvalue weighted by atomic mass is 32.2. The number of thioether (sulfide) groups is 1. The highest BCUT2D eigenvalue weighted by Gasteiger charge is 2.51. The minimum absolute atomic E-state index is 0.120. The zero-order valence-electron chi connectivity index (χ0n) is 14.1. The molecule has 4 aliphatic heterocycles. The van der Waals surface area contributed by atoms with Crippen LogP contribution in [0, 0.1) is 5.92 Å². The second-order valence-electron chi connectivity index (χ2n) is 7.30. The lowest BCUT2D eigenvalue weighted by atomic mass is 9.89. The molecule has 4 aliphatic rings. The van der Waals surface area contributed by atoms with E-state index in [1.807, 2.05) is 4.90 Å². The summed E-state index contributed by atoms with van der Waals surface area (Å²) in [4.78, 5) is 37.9. The summed E-state index contributed by atoms with van der Waals surface area (Å²) in [6, 6.07) is -0.541. The first kappa shape index (κ1) is 16.7. The number of rotatable bonds is 4. The minimum Gasteiger partial charge on any atom is -0.477 e. The van der Waals surface area contributed by atoms with Crippen LogP contribution in [0.1, 0.15) is 26.7 Å². The summed E-state index contributed by atoms with van der Waals surface area (Å²) in [5.41, 5.74) is 0.455. The topological polar surface area (TPSA) is 111 Å². The van der Waals surface area contributed by atoms with Gasteiger partial charge in [-0.25, -0.2) is 9.59 Å². The lowest BCUT2D eigenvalue weighted by molar-refractivity contribution is -0.136. The number of urea groups is 1. The second kappa shape index (κ2) is 5.91. The molecule has 0 aliphatic carbocycles. The molecule has 6 unspecified atom stereocenters. The average molecular weight is 366 g/mol. The number of amides is 3. The van der Waals surface area contributed by atoms with E-state index >= 15 is 0 Å². The van der Waals surface area contributed by atoms with Crippen LogP contribution in [0.2, 0.25) is 0 Å². The molecular formula is C16H22N4O4S. The molecule has 136 valence electrons. The van der Waals surface area contributed by atoms with Gasteiger partial charge in [-0.1, -0.05) is 6.92 Å². The molecule has 4 rings (SSSR count). The number of carboxylic acid groups (broad SMARTS) is 1. The summed E-state index contributed by atoms with van der Waals surface area (Å²) < 4.78 is 0. The molecule has 0 aromatic heterocycles. The van der Waals surface area contributed by atoms with Gasteiger partial charge in [-0.05, 0) is 19.8 Å². The Balaban J connectivity index is 1.47. The molecule has 9 heteroatoms. The maximum atomic E-state index is 11.8. The van der Waals surface area contributed by atoms with Gasteiger partial charge < -0.3 is 20.6 Å². The Bertz CT molecular complexity index is 681. The molecule has 0 radical (unpaired) electrons. The lowest BCUT2D eigenvalue weighted by Crippen LogP contribution is -2.53. The lowest BCUT2D eigenvalue weighted by Gasteiger charge is -2.46. The number of hydrogen-bond acceptors (Lipinski definition) is 6. The van der Waals surface area contributed by atoms with Gasteiger partial charge in [0.1, 0.15) is 11.7 Å². The van der Waals surface area contributed by atoms with Crippen molar-refractivity contribution in [1.29, 1.82) is 0 Å². The summed E-state index contributed by atoms with van der Waals surface area (Å²) in [7, 11) is 0. The fourth-order valence-electron chi connectivity index (χ4n) is 4.47. The van der Waals surface area contributed by atoms with Gasteiger partial charge in [0.25, 0.3) is 5.91 Å². The van der Waals surface area contributed by atoms with Crippen LogP contribution >= 0.6 is 11.8 Å². The summed E-state index contributed by atoms with van der Waals surface area (Å²) in [5.74, 6) is -0.931. The van der Waals surface area contributed by atoms with Gasteiger partial charge in [0, 0.05) is 40.7 Å². The molecule has 4 heterocycles. The van der Waals surface area contributed by atoms with Crippen molar-refractivity contribution in [2.45, 2.75) is 56.1 Å². The highest BCUT2D eigenvalue weighted by molar-refractivity contribution is 8.03. The Morgan fingerprint density at radius 1 is 1.28 bits per heavy atom. The average Bonchev–Trinajstić information content (AvgIpc) is 3.17. The molecule has 4 N–H and O–H groups in total. The van der Waals surface area contributed by atoms with E-state index in [9.17, 15) is 19.5 Å². The number of nitrogens with one attached hydrogen (secondary N) is 3. The number of carboxylic acids is 1. The van der Waals surface area contributed by atoms with Crippen molar-refractivity contribution in [3.63, 3.8) is 0 Å². The molecule has 3 saturated heterocycles. The summed E-state index contributed by atoms with van der Waals surface area (Å²) in [5, 5.41) is 18.1. The van der Waals surface area contributed by atoms with Crippen molar-refractivity contribution in [3.05, 3.63) is 10.6 Å². The third-order valence-electron chi connectivity index (χ3n) is 5.73. The molecule has 0 bridgehead atoms. The first-order valence-electron chi connectivity index (χ1n) is 8.64. The van der Waals surface area contributed by atoms with E-state index in [2.05, 4.69) is 29.8 Å². The molecule has 0 saturated carbocycles. The van der Waals surface area contributed by atoms with Crippen LogP contribution in [0.15, 0.2) is 10.6 Å². The number of carbonyl (C=O) groups is 3. The molecular weight excluding hydrogens is 344 g/mol. The summed E-state index contributed by atoms with van der Waals surface area (Å²) >= 11 is 1.62. The van der Waals surface area contributed by atoms with E-state index in [4.69, 9.17) is 0 Å². The second-order valence-corrected chi connectivity index (χ2v) is 8.64. The van der Waals surface area contributed by atoms with Crippen molar-refractivity contribution >= 4 is 29.7 Å². The Kier molecular flexibility index (Phi) is 3.95. The number of carbonyl (C=O) groups excluding carboxylic acids is 2. The number of fused-ring (bicyclic) bond motifs is 1. The Labute approximate surface area is 149 Å². The normalized spacial score (nSPS) is 40.0. The first-order chi connectivity index (χ1) is 11.9. The number of hydrogen-bond donors (Lipinski definition) is 4. The molecule has 25 heavy (non-hydrogen) atoms. The zero-order valence-corrected chi connectivity index (χ0v) is 14.9. The molecule has 8 nitrogen and oxygen atoms in total. The number of nitrogens with zero attached hydrogens (tertiary/aromatic N) is 1. The van der Waals surface area contributed by atoms with Gasteiger partial charge in [0.05, 0.1) is 0 Å². The van der Waals surface area contributed by atoms with Crippen LogP contribution in [0.4, 0.5) is 4.79 Å². The van der Waals surface area contributed by atoms with Crippen LogP contribution in [-0.2, 0) is 9.59 Å². The summed E-state index contributed by atoms with van der Waals surface area (Å²) in [6.45, 7) is 4.86. The Morgan fingerprint density at radius 2 is 2.04 bits per heavy atom. The number of imide groups is 1. The third-order valence-corrected chi connectivity index (χ3v) is 7.24. The predicted octanol–water partition coefficient (Wildman–Crippen LogP) is 0.0668. The minimum atomic E-state index is -0.853. The fourth-order valence-corrected chi connectivity index (χ4v) is 5.98. The predicted molar refractivity (Wildman–Crippen MR) is 91.8 cm³/mol. The van der Waals surface area contributed by atoms with Gasteiger partial charge >= 0.3 is 12.0 Å². The van der Waals surface area contributed by atoms with Gasteiger partial charge in [0.2, 0.25) is 0 Å². The maximum absolute atomic E-state index is 11.8. The van der Waals surface area contributed by atoms with E-state index in [1.54, 1.807) is 11.8 Å². The van der Waals surface area contributed by atoms with Crippen molar-refractivity contribution in [1.82, 2.24) is 20.9 Å². The standard InChI is InChI=1S/C16H22N4O4S/c1-6-3-10-7(2)13(12(15(22)23)20(6)10)25-8-4-9(17-5-8)11-14(21)19-16(24)18-11/h6-11,17H,3-5H2,1-2H3,(H,22,23)(H2,18,19,21,24). The number of aliphatic carboxylic acids is 1. The summed E-state index contributed by atoms with van der Waals surface area (Å²) in [6.07, 6.45) is 1.74. The largest absolute Gasteiger partial charge is 0.477 e. The molecule has 0 aromatic carbocycles. The van der Waals surface area contributed by atoms with E-state index in [0.29, 0.717) is 24.7 Å². The van der Waals surface area contributed by atoms with Gasteiger partial charge in [0.15, 0.2) is 0 Å². The molecule has 6 atom stereocenters. The SMILES string of the molecule is CC1C(SC2CNC(C3NC(=O)NC3=O)C2)=C(C(=O)O)N2C(C)CC12. The quantitative estimate of drug-likeness (QED) is 0.521. The van der Waals surface area contributed by atoms with Crippen LogP contribution < -0.4 is 16.0 Å². The maximum Gasteiger partial charge on any atom is 0.353 e. The van der Waals surface area contributed by atoms with E-state index in [-0.39, 0.29) is 29.2 Å².